The zero-order valence-electron chi connectivity index (χ0n) is 14.8. The van der Waals surface area contributed by atoms with Crippen LogP contribution in [-0.4, -0.2) is 0 Å². The van der Waals surface area contributed by atoms with E-state index < -0.39 is 0 Å². The fourth-order valence-corrected chi connectivity index (χ4v) is 4.83. The lowest BCUT2D eigenvalue weighted by Crippen LogP contribution is -2.14. The molecule has 0 N–H and O–H groups in total. The molecule has 0 heteroatoms. The summed E-state index contributed by atoms with van der Waals surface area (Å²) in [4.78, 5) is 0. The molecule has 2 aliphatic rings. The maximum absolute atomic E-state index is 5.57. The molecule has 0 bridgehead atoms. The number of terminal acetylenes is 1. The van der Waals surface area contributed by atoms with Crippen molar-refractivity contribution in [3.8, 4) is 12.3 Å². The number of hydrogen-bond acceptors (Lipinski definition) is 0. The van der Waals surface area contributed by atoms with Gasteiger partial charge in [0.15, 0.2) is 0 Å². The first kappa shape index (κ1) is 16.6. The summed E-state index contributed by atoms with van der Waals surface area (Å²) in [5.41, 5.74) is 3.13. The van der Waals surface area contributed by atoms with Gasteiger partial charge < -0.3 is 0 Å². The van der Waals surface area contributed by atoms with Gasteiger partial charge in [0.1, 0.15) is 0 Å². The molecule has 0 atom stereocenters. The minimum absolute atomic E-state index is 0.531. The molecular weight excluding hydrogens is 276 g/mol. The molecule has 3 rings (SSSR count). The Morgan fingerprint density at radius 1 is 0.826 bits per heavy atom. The van der Waals surface area contributed by atoms with E-state index in [1.54, 1.807) is 11.1 Å². The Hall–Kier alpha value is -1.22. The van der Waals surface area contributed by atoms with Crippen LogP contribution in [-0.2, 0) is 0 Å². The fraction of sp³-hybridized carbons (Fsp3) is 0.652. The van der Waals surface area contributed by atoms with Crippen molar-refractivity contribution in [3.63, 3.8) is 0 Å². The van der Waals surface area contributed by atoms with Gasteiger partial charge in [0.05, 0.1) is 0 Å². The van der Waals surface area contributed by atoms with Gasteiger partial charge in [-0.1, -0.05) is 44.0 Å². The first-order chi connectivity index (χ1) is 11.3. The van der Waals surface area contributed by atoms with E-state index in [2.05, 4.69) is 37.1 Å². The molecule has 2 saturated carbocycles. The van der Waals surface area contributed by atoms with E-state index in [1.807, 2.05) is 0 Å². The molecule has 0 aromatic heterocycles. The van der Waals surface area contributed by atoms with Gasteiger partial charge in [0.25, 0.3) is 0 Å². The Kier molecular flexibility index (Phi) is 5.82. The normalized spacial score (nSPS) is 31.5. The number of rotatable bonds is 4. The van der Waals surface area contributed by atoms with Gasteiger partial charge in [-0.05, 0) is 80.2 Å². The Balaban J connectivity index is 1.55. The van der Waals surface area contributed by atoms with E-state index in [9.17, 15) is 0 Å². The quantitative estimate of drug-likeness (QED) is 0.545. The molecule has 0 aliphatic heterocycles. The Morgan fingerprint density at radius 3 is 1.74 bits per heavy atom. The minimum atomic E-state index is 0.531. The molecule has 0 spiro atoms. The molecule has 23 heavy (non-hydrogen) atoms. The highest BCUT2D eigenvalue weighted by Gasteiger charge is 2.23. The van der Waals surface area contributed by atoms with Gasteiger partial charge in [-0.2, -0.15) is 0 Å². The number of hydrogen-bond donors (Lipinski definition) is 0. The van der Waals surface area contributed by atoms with E-state index in [0.29, 0.717) is 5.92 Å². The lowest BCUT2D eigenvalue weighted by molar-refractivity contribution is 0.308. The third-order valence-corrected chi connectivity index (χ3v) is 6.39. The van der Waals surface area contributed by atoms with Crippen LogP contribution in [0.3, 0.4) is 0 Å². The molecule has 2 fully saturated rings. The molecule has 2 aliphatic carbocycles. The van der Waals surface area contributed by atoms with Crippen LogP contribution >= 0.6 is 0 Å². The van der Waals surface area contributed by atoms with Crippen molar-refractivity contribution in [3.05, 3.63) is 35.4 Å². The van der Waals surface area contributed by atoms with Crippen LogP contribution in [0.25, 0.3) is 0 Å². The van der Waals surface area contributed by atoms with Crippen molar-refractivity contribution in [1.29, 1.82) is 0 Å². The largest absolute Gasteiger partial charge is 0.120 e. The molecule has 0 amide bonds. The van der Waals surface area contributed by atoms with E-state index >= 15 is 0 Å². The lowest BCUT2D eigenvalue weighted by Gasteiger charge is -2.29. The highest BCUT2D eigenvalue weighted by molar-refractivity contribution is 5.28. The predicted molar refractivity (Wildman–Crippen MR) is 99.6 cm³/mol. The van der Waals surface area contributed by atoms with Crippen molar-refractivity contribution in [1.82, 2.24) is 0 Å². The maximum Gasteiger partial charge on any atom is 0.0200 e. The third-order valence-electron chi connectivity index (χ3n) is 6.39. The monoisotopic (exact) mass is 308 g/mol. The maximum atomic E-state index is 5.57. The van der Waals surface area contributed by atoms with E-state index in [-0.39, 0.29) is 0 Å². The summed E-state index contributed by atoms with van der Waals surface area (Å²) in [5.74, 6) is 6.03. The summed E-state index contributed by atoms with van der Waals surface area (Å²) >= 11 is 0. The molecule has 0 nitrogen and oxygen atoms in total. The van der Waals surface area contributed by atoms with Crippen molar-refractivity contribution >= 4 is 0 Å². The van der Waals surface area contributed by atoms with Crippen LogP contribution in [0, 0.1) is 24.2 Å². The highest BCUT2D eigenvalue weighted by Crippen LogP contribution is 2.39. The second-order valence-corrected chi connectivity index (χ2v) is 7.89. The summed E-state index contributed by atoms with van der Waals surface area (Å²) in [7, 11) is 0. The summed E-state index contributed by atoms with van der Waals surface area (Å²) in [6.45, 7) is 2.32. The van der Waals surface area contributed by atoms with Gasteiger partial charge in [0, 0.05) is 5.92 Å². The first-order valence-corrected chi connectivity index (χ1v) is 9.86. The van der Waals surface area contributed by atoms with Gasteiger partial charge in [0.2, 0.25) is 0 Å². The molecule has 0 heterocycles. The molecule has 0 radical (unpaired) electrons. The molecule has 0 unspecified atom stereocenters. The van der Waals surface area contributed by atoms with Crippen LogP contribution in [0.1, 0.15) is 94.1 Å². The average Bonchev–Trinajstić information content (AvgIpc) is 2.63. The number of benzene rings is 1. The smallest absolute Gasteiger partial charge is 0.0200 e. The molecular formula is C23H32. The second kappa shape index (κ2) is 8.05. The Bertz CT molecular complexity index is 502. The van der Waals surface area contributed by atoms with E-state index in [4.69, 9.17) is 6.42 Å². The Morgan fingerprint density at radius 2 is 1.30 bits per heavy atom. The van der Waals surface area contributed by atoms with Gasteiger partial charge in [-0.15, -0.1) is 12.3 Å². The molecule has 0 saturated heterocycles. The highest BCUT2D eigenvalue weighted by atomic mass is 14.3. The van der Waals surface area contributed by atoms with Gasteiger partial charge in [-0.3, -0.25) is 0 Å². The Labute approximate surface area is 143 Å². The predicted octanol–water partition coefficient (Wildman–Crippen LogP) is 6.67. The van der Waals surface area contributed by atoms with Crippen molar-refractivity contribution in [2.24, 2.45) is 11.8 Å². The van der Waals surface area contributed by atoms with Crippen LogP contribution in [0.5, 0.6) is 0 Å². The van der Waals surface area contributed by atoms with Gasteiger partial charge in [-0.25, -0.2) is 0 Å². The topological polar surface area (TPSA) is 0 Å². The standard InChI is InChI=1S/C23H32/c1-3-5-19-8-12-21(13-9-19)23-16-14-22(15-17-23)20-10-6-18(4-2)7-11-20/h2,14-21H,3,5-13H2,1H3. The van der Waals surface area contributed by atoms with Crippen LogP contribution < -0.4 is 0 Å². The third kappa shape index (κ3) is 4.20. The molecule has 1 aromatic carbocycles. The fourth-order valence-electron chi connectivity index (χ4n) is 4.83. The van der Waals surface area contributed by atoms with Crippen LogP contribution in [0.15, 0.2) is 24.3 Å². The summed E-state index contributed by atoms with van der Waals surface area (Å²) in [6, 6.07) is 9.67. The zero-order valence-corrected chi connectivity index (χ0v) is 14.8. The SMILES string of the molecule is C#CC1CCC(c2ccc(C3CCC(CCC)CC3)cc2)CC1. The van der Waals surface area contributed by atoms with Gasteiger partial charge >= 0.3 is 0 Å². The van der Waals surface area contributed by atoms with Crippen molar-refractivity contribution in [2.75, 3.05) is 0 Å². The summed E-state index contributed by atoms with van der Waals surface area (Å²) in [5, 5.41) is 0. The second-order valence-electron chi connectivity index (χ2n) is 7.89. The van der Waals surface area contributed by atoms with Crippen LogP contribution in [0.2, 0.25) is 0 Å². The zero-order chi connectivity index (χ0) is 16.1. The average molecular weight is 309 g/mol. The van der Waals surface area contributed by atoms with E-state index in [1.165, 1.54) is 64.2 Å². The van der Waals surface area contributed by atoms with Crippen molar-refractivity contribution in [2.45, 2.75) is 83.0 Å². The lowest BCUT2D eigenvalue weighted by atomic mass is 9.76. The van der Waals surface area contributed by atoms with E-state index in [0.717, 1.165) is 17.8 Å². The molecule has 124 valence electrons. The first-order valence-electron chi connectivity index (χ1n) is 9.86. The van der Waals surface area contributed by atoms with Crippen LogP contribution in [0.4, 0.5) is 0 Å². The molecule has 1 aromatic rings. The summed E-state index contributed by atoms with van der Waals surface area (Å²) < 4.78 is 0. The minimum Gasteiger partial charge on any atom is -0.120 e. The van der Waals surface area contributed by atoms with Crippen molar-refractivity contribution < 1.29 is 0 Å². The summed E-state index contributed by atoms with van der Waals surface area (Å²) in [6.07, 6.45) is 19.0.